The molecule has 4 heteroatoms. The molecule has 82 valence electrons. The number of hydrogen-bond acceptors (Lipinski definition) is 4. The Kier molecular flexibility index (Phi) is 5.20. The zero-order valence-electron chi connectivity index (χ0n) is 9.37. The lowest BCUT2D eigenvalue weighted by Gasteiger charge is -2.21. The third-order valence-corrected chi connectivity index (χ3v) is 1.53. The lowest BCUT2D eigenvalue weighted by atomic mass is 10.2. The van der Waals surface area contributed by atoms with Crippen molar-refractivity contribution in [2.75, 3.05) is 0 Å². The molecule has 0 saturated heterocycles. The van der Waals surface area contributed by atoms with Crippen LogP contribution >= 0.6 is 0 Å². The van der Waals surface area contributed by atoms with E-state index in [1.165, 1.54) is 6.92 Å². The fraction of sp³-hybridized carbons (Fsp3) is 0.800. The van der Waals surface area contributed by atoms with Crippen molar-refractivity contribution in [1.82, 2.24) is 0 Å². The minimum atomic E-state index is -0.776. The minimum absolute atomic E-state index is 0.0402. The van der Waals surface area contributed by atoms with E-state index in [1.54, 1.807) is 13.8 Å². The average Bonchev–Trinajstić information content (AvgIpc) is 2.01. The molecule has 14 heavy (non-hydrogen) atoms. The van der Waals surface area contributed by atoms with Crippen molar-refractivity contribution in [2.45, 2.75) is 40.9 Å². The van der Waals surface area contributed by atoms with Gasteiger partial charge in [-0.05, 0) is 0 Å². The zero-order chi connectivity index (χ0) is 11.3. The van der Waals surface area contributed by atoms with Crippen LogP contribution in [0, 0.1) is 11.8 Å². The maximum Gasteiger partial charge on any atom is 0.311 e. The van der Waals surface area contributed by atoms with Gasteiger partial charge in [0.25, 0.3) is 0 Å². The Morgan fingerprint density at radius 2 is 1.50 bits per heavy atom. The largest absolute Gasteiger partial charge is 0.425 e. The van der Waals surface area contributed by atoms with Gasteiger partial charge in [0, 0.05) is 12.8 Å². The average molecular weight is 202 g/mol. The molecule has 0 aromatic rings. The molecule has 0 aliphatic rings. The molecule has 0 aliphatic carbocycles. The van der Waals surface area contributed by atoms with Gasteiger partial charge in [-0.3, -0.25) is 9.59 Å². The standard InChI is InChI=1S/C10H18O4/c1-6(2)9(12)14-10(7(3)4)13-8(5)11/h6-7,10H,1-5H3/t10-/m0/s1. The summed E-state index contributed by atoms with van der Waals surface area (Å²) in [5.41, 5.74) is 0. The van der Waals surface area contributed by atoms with Crippen molar-refractivity contribution in [3.8, 4) is 0 Å². The Hall–Kier alpha value is -1.06. The highest BCUT2D eigenvalue weighted by atomic mass is 16.7. The Morgan fingerprint density at radius 1 is 1.00 bits per heavy atom. The highest BCUT2D eigenvalue weighted by molar-refractivity contribution is 5.72. The fourth-order valence-electron chi connectivity index (χ4n) is 0.710. The first-order chi connectivity index (χ1) is 6.34. The molecule has 4 nitrogen and oxygen atoms in total. The van der Waals surface area contributed by atoms with E-state index in [-0.39, 0.29) is 17.8 Å². The van der Waals surface area contributed by atoms with E-state index >= 15 is 0 Å². The molecule has 0 aromatic heterocycles. The maximum absolute atomic E-state index is 11.2. The van der Waals surface area contributed by atoms with Crippen LogP contribution in [0.2, 0.25) is 0 Å². The van der Waals surface area contributed by atoms with Crippen LogP contribution in [0.3, 0.4) is 0 Å². The van der Waals surface area contributed by atoms with Gasteiger partial charge in [-0.25, -0.2) is 0 Å². The minimum Gasteiger partial charge on any atom is -0.425 e. The molecule has 0 rings (SSSR count). The number of carbonyl (C=O) groups excluding carboxylic acids is 2. The predicted octanol–water partition coefficient (Wildman–Crippen LogP) is 1.73. The maximum atomic E-state index is 11.2. The molecular formula is C10H18O4. The predicted molar refractivity (Wildman–Crippen MR) is 51.3 cm³/mol. The van der Waals surface area contributed by atoms with Gasteiger partial charge in [-0.1, -0.05) is 27.7 Å². The summed E-state index contributed by atoms with van der Waals surface area (Å²) in [7, 11) is 0. The first-order valence-electron chi connectivity index (χ1n) is 4.72. The first-order valence-corrected chi connectivity index (χ1v) is 4.72. The third-order valence-electron chi connectivity index (χ3n) is 1.53. The van der Waals surface area contributed by atoms with Crippen LogP contribution in [0.1, 0.15) is 34.6 Å². The molecule has 0 amide bonds. The summed E-state index contributed by atoms with van der Waals surface area (Å²) in [6, 6.07) is 0. The lowest BCUT2D eigenvalue weighted by Crippen LogP contribution is -2.30. The summed E-state index contributed by atoms with van der Waals surface area (Å²) in [6.45, 7) is 8.39. The summed E-state index contributed by atoms with van der Waals surface area (Å²) < 4.78 is 9.85. The van der Waals surface area contributed by atoms with Gasteiger partial charge in [0.2, 0.25) is 6.29 Å². The van der Waals surface area contributed by atoms with Gasteiger partial charge < -0.3 is 9.47 Å². The Morgan fingerprint density at radius 3 is 1.79 bits per heavy atom. The van der Waals surface area contributed by atoms with E-state index in [4.69, 9.17) is 9.47 Å². The van der Waals surface area contributed by atoms with Crippen LogP contribution in [-0.2, 0) is 19.1 Å². The summed E-state index contributed by atoms with van der Waals surface area (Å²) in [5, 5.41) is 0. The molecule has 0 bridgehead atoms. The van der Waals surface area contributed by atoms with Crippen molar-refractivity contribution in [2.24, 2.45) is 11.8 Å². The molecule has 0 saturated carbocycles. The van der Waals surface area contributed by atoms with Crippen molar-refractivity contribution < 1.29 is 19.1 Å². The number of rotatable bonds is 4. The summed E-state index contributed by atoms with van der Waals surface area (Å²) in [4.78, 5) is 21.9. The van der Waals surface area contributed by atoms with E-state index in [1.807, 2.05) is 13.8 Å². The molecular weight excluding hydrogens is 184 g/mol. The van der Waals surface area contributed by atoms with Crippen molar-refractivity contribution in [3.05, 3.63) is 0 Å². The summed E-state index contributed by atoms with van der Waals surface area (Å²) in [5.74, 6) is -1.06. The van der Waals surface area contributed by atoms with Crippen molar-refractivity contribution in [3.63, 3.8) is 0 Å². The molecule has 0 aliphatic heterocycles. The molecule has 0 unspecified atom stereocenters. The quantitative estimate of drug-likeness (QED) is 0.514. The van der Waals surface area contributed by atoms with Crippen LogP contribution in [0.15, 0.2) is 0 Å². The highest BCUT2D eigenvalue weighted by Gasteiger charge is 2.22. The normalized spacial score (nSPS) is 12.8. The van der Waals surface area contributed by atoms with E-state index in [2.05, 4.69) is 0 Å². The Balaban J connectivity index is 4.23. The Labute approximate surface area is 84.6 Å². The number of carbonyl (C=O) groups is 2. The lowest BCUT2D eigenvalue weighted by molar-refractivity contribution is -0.196. The molecule has 0 aromatic carbocycles. The molecule has 0 spiro atoms. The Bertz CT molecular complexity index is 208. The summed E-state index contributed by atoms with van der Waals surface area (Å²) >= 11 is 0. The van der Waals surface area contributed by atoms with Gasteiger partial charge in [-0.15, -0.1) is 0 Å². The number of ether oxygens (including phenoxy) is 2. The van der Waals surface area contributed by atoms with Gasteiger partial charge in [0.15, 0.2) is 0 Å². The van der Waals surface area contributed by atoms with E-state index in [0.29, 0.717) is 0 Å². The third kappa shape index (κ3) is 4.84. The van der Waals surface area contributed by atoms with E-state index in [0.717, 1.165) is 0 Å². The van der Waals surface area contributed by atoms with Gasteiger partial charge >= 0.3 is 11.9 Å². The van der Waals surface area contributed by atoms with Crippen molar-refractivity contribution in [1.29, 1.82) is 0 Å². The van der Waals surface area contributed by atoms with Crippen LogP contribution in [0.4, 0.5) is 0 Å². The smallest absolute Gasteiger partial charge is 0.311 e. The SMILES string of the molecule is CC(=O)O[C@@H](OC(=O)C(C)C)C(C)C. The van der Waals surface area contributed by atoms with Gasteiger partial charge in [-0.2, -0.15) is 0 Å². The fourth-order valence-corrected chi connectivity index (χ4v) is 0.710. The van der Waals surface area contributed by atoms with Gasteiger partial charge in [0.05, 0.1) is 5.92 Å². The van der Waals surface area contributed by atoms with Crippen LogP contribution in [0.5, 0.6) is 0 Å². The molecule has 0 fully saturated rings. The topological polar surface area (TPSA) is 52.6 Å². The number of esters is 2. The van der Waals surface area contributed by atoms with Gasteiger partial charge in [0.1, 0.15) is 0 Å². The second kappa shape index (κ2) is 5.62. The second-order valence-corrected chi connectivity index (χ2v) is 3.81. The van der Waals surface area contributed by atoms with E-state index < -0.39 is 12.3 Å². The van der Waals surface area contributed by atoms with Crippen molar-refractivity contribution >= 4 is 11.9 Å². The van der Waals surface area contributed by atoms with E-state index in [9.17, 15) is 9.59 Å². The molecule has 0 radical (unpaired) electrons. The first kappa shape index (κ1) is 12.9. The second-order valence-electron chi connectivity index (χ2n) is 3.81. The molecule has 0 heterocycles. The summed E-state index contributed by atoms with van der Waals surface area (Å²) in [6.07, 6.45) is -0.776. The van der Waals surface area contributed by atoms with Crippen LogP contribution in [0.25, 0.3) is 0 Å². The monoisotopic (exact) mass is 202 g/mol. The molecule has 1 atom stereocenters. The van der Waals surface area contributed by atoms with Crippen LogP contribution < -0.4 is 0 Å². The zero-order valence-corrected chi connectivity index (χ0v) is 9.37. The highest BCUT2D eigenvalue weighted by Crippen LogP contribution is 2.11. The van der Waals surface area contributed by atoms with Crippen LogP contribution in [-0.4, -0.2) is 18.2 Å². The molecule has 0 N–H and O–H groups in total. The number of hydrogen-bond donors (Lipinski definition) is 0.